The Morgan fingerprint density at radius 2 is 2.14 bits per heavy atom. The molecular weight excluding hydrogens is 286 g/mol. The van der Waals surface area contributed by atoms with Crippen LogP contribution in [0.25, 0.3) is 0 Å². The molecule has 0 bridgehead atoms. The van der Waals surface area contributed by atoms with Gasteiger partial charge in [0.05, 0.1) is 12.3 Å². The summed E-state index contributed by atoms with van der Waals surface area (Å²) in [4.78, 5) is 14.5. The number of hydrogen-bond donors (Lipinski definition) is 1. The number of carbonyl (C=O) groups is 1. The molecule has 1 N–H and O–H groups in total. The molecule has 1 aliphatic rings. The number of carbonyl (C=O) groups excluding carboxylic acids is 1. The van der Waals surface area contributed by atoms with Gasteiger partial charge in [0.2, 0.25) is 0 Å². The Kier molecular flexibility index (Phi) is 5.99. The average Bonchev–Trinajstić information content (AvgIpc) is 2.87. The van der Waals surface area contributed by atoms with Gasteiger partial charge in [0.15, 0.2) is 0 Å². The topological polar surface area (TPSA) is 54.5 Å². The van der Waals surface area contributed by atoms with Crippen molar-refractivity contribution < 1.29 is 9.53 Å². The zero-order valence-electron chi connectivity index (χ0n) is 13.1. The number of ether oxygens (including phenoxy) is 1. The van der Waals surface area contributed by atoms with Crippen LogP contribution in [0.3, 0.4) is 0 Å². The summed E-state index contributed by atoms with van der Waals surface area (Å²) in [5.41, 5.74) is 1.36. The van der Waals surface area contributed by atoms with Crippen molar-refractivity contribution in [1.29, 1.82) is 0 Å². The van der Waals surface area contributed by atoms with E-state index in [2.05, 4.69) is 21.5 Å². The fourth-order valence-electron chi connectivity index (χ4n) is 2.68. The van der Waals surface area contributed by atoms with Crippen molar-refractivity contribution in [3.8, 4) is 0 Å². The van der Waals surface area contributed by atoms with Gasteiger partial charge in [-0.1, -0.05) is 6.92 Å². The standard InChI is InChI=1S/C15H25N3O2S/c1-4-18-8-6-12(7-9-18)10-16-14-13(11(3)17-21-14)15(19)20-5-2/h12,16H,4-10H2,1-3H3. The number of piperidine rings is 1. The smallest absolute Gasteiger partial charge is 0.343 e. The highest BCUT2D eigenvalue weighted by atomic mass is 32.1. The third-order valence-electron chi connectivity index (χ3n) is 4.05. The van der Waals surface area contributed by atoms with Crippen molar-refractivity contribution in [1.82, 2.24) is 9.27 Å². The van der Waals surface area contributed by atoms with Crippen LogP contribution < -0.4 is 5.32 Å². The van der Waals surface area contributed by atoms with Gasteiger partial charge >= 0.3 is 5.97 Å². The number of aryl methyl sites for hydroxylation is 1. The molecule has 0 amide bonds. The van der Waals surface area contributed by atoms with Crippen molar-refractivity contribution in [3.05, 3.63) is 11.3 Å². The molecule has 0 radical (unpaired) electrons. The van der Waals surface area contributed by atoms with Crippen LogP contribution in [0.1, 0.15) is 42.7 Å². The minimum atomic E-state index is -0.271. The number of nitrogens with one attached hydrogen (secondary N) is 1. The van der Waals surface area contributed by atoms with E-state index in [4.69, 9.17) is 4.74 Å². The molecule has 118 valence electrons. The first-order chi connectivity index (χ1) is 10.2. The summed E-state index contributed by atoms with van der Waals surface area (Å²) in [5, 5.41) is 4.26. The van der Waals surface area contributed by atoms with E-state index in [9.17, 15) is 4.79 Å². The molecule has 0 aromatic carbocycles. The molecule has 0 aliphatic carbocycles. The number of rotatable bonds is 6. The van der Waals surface area contributed by atoms with Gasteiger partial charge in [-0.2, -0.15) is 4.37 Å². The average molecular weight is 311 g/mol. The van der Waals surface area contributed by atoms with Crippen LogP contribution in [-0.2, 0) is 4.74 Å². The predicted molar refractivity (Wildman–Crippen MR) is 86.1 cm³/mol. The van der Waals surface area contributed by atoms with Crippen molar-refractivity contribution >= 4 is 22.5 Å². The van der Waals surface area contributed by atoms with E-state index < -0.39 is 0 Å². The Hall–Kier alpha value is -1.14. The fraction of sp³-hybridized carbons (Fsp3) is 0.733. The summed E-state index contributed by atoms with van der Waals surface area (Å²) in [5.74, 6) is 0.400. The minimum absolute atomic E-state index is 0.271. The van der Waals surface area contributed by atoms with Crippen LogP contribution in [-0.4, -0.2) is 48.0 Å². The van der Waals surface area contributed by atoms with Crippen LogP contribution in [0, 0.1) is 12.8 Å². The Labute approximate surface area is 130 Å². The van der Waals surface area contributed by atoms with Crippen LogP contribution in [0.2, 0.25) is 0 Å². The molecule has 5 nitrogen and oxygen atoms in total. The molecule has 0 spiro atoms. The zero-order valence-corrected chi connectivity index (χ0v) is 14.0. The largest absolute Gasteiger partial charge is 0.462 e. The lowest BCUT2D eigenvalue weighted by molar-refractivity contribution is 0.0527. The lowest BCUT2D eigenvalue weighted by Gasteiger charge is -2.31. The van der Waals surface area contributed by atoms with Crippen LogP contribution in [0.15, 0.2) is 0 Å². The highest BCUT2D eigenvalue weighted by Crippen LogP contribution is 2.26. The van der Waals surface area contributed by atoms with Crippen molar-refractivity contribution in [2.24, 2.45) is 5.92 Å². The van der Waals surface area contributed by atoms with E-state index in [-0.39, 0.29) is 5.97 Å². The first-order valence-corrected chi connectivity index (χ1v) is 8.52. The van der Waals surface area contributed by atoms with E-state index in [0.29, 0.717) is 18.1 Å². The molecule has 2 heterocycles. The summed E-state index contributed by atoms with van der Waals surface area (Å²) >= 11 is 1.35. The molecule has 1 aromatic rings. The molecule has 0 saturated carbocycles. The Bertz CT molecular complexity index is 467. The van der Waals surface area contributed by atoms with Gasteiger partial charge in [0.1, 0.15) is 10.6 Å². The molecule has 1 aliphatic heterocycles. The fourth-order valence-corrected chi connectivity index (χ4v) is 3.47. The van der Waals surface area contributed by atoms with Crippen molar-refractivity contribution in [2.45, 2.75) is 33.6 Å². The second-order valence-electron chi connectivity index (χ2n) is 5.45. The van der Waals surface area contributed by atoms with E-state index in [1.165, 1.54) is 37.5 Å². The molecular formula is C15H25N3O2S. The van der Waals surface area contributed by atoms with Gasteiger partial charge in [-0.25, -0.2) is 4.79 Å². The molecule has 1 aromatic heterocycles. The zero-order chi connectivity index (χ0) is 15.2. The van der Waals surface area contributed by atoms with Crippen molar-refractivity contribution in [3.63, 3.8) is 0 Å². The summed E-state index contributed by atoms with van der Waals surface area (Å²) in [7, 11) is 0. The van der Waals surface area contributed by atoms with E-state index >= 15 is 0 Å². The second kappa shape index (κ2) is 7.75. The third-order valence-corrected chi connectivity index (χ3v) is 4.94. The van der Waals surface area contributed by atoms with Gasteiger partial charge in [0.25, 0.3) is 0 Å². The summed E-state index contributed by atoms with van der Waals surface area (Å²) in [6.07, 6.45) is 2.43. The maximum Gasteiger partial charge on any atom is 0.343 e. The molecule has 1 fully saturated rings. The maximum atomic E-state index is 12.0. The summed E-state index contributed by atoms with van der Waals surface area (Å²) < 4.78 is 9.39. The van der Waals surface area contributed by atoms with Gasteiger partial charge in [-0.05, 0) is 63.8 Å². The SMILES string of the molecule is CCOC(=O)c1c(C)nsc1NCC1CCN(CC)CC1. The number of anilines is 1. The van der Waals surface area contributed by atoms with Gasteiger partial charge in [0, 0.05) is 6.54 Å². The van der Waals surface area contributed by atoms with Gasteiger partial charge < -0.3 is 15.0 Å². The lowest BCUT2D eigenvalue weighted by atomic mass is 9.97. The second-order valence-corrected chi connectivity index (χ2v) is 6.22. The van der Waals surface area contributed by atoms with Gasteiger partial charge in [-0.15, -0.1) is 0 Å². The molecule has 6 heteroatoms. The normalized spacial score (nSPS) is 16.9. The number of aromatic nitrogens is 1. The minimum Gasteiger partial charge on any atom is -0.462 e. The molecule has 0 atom stereocenters. The highest BCUT2D eigenvalue weighted by molar-refractivity contribution is 7.10. The molecule has 2 rings (SSSR count). The lowest BCUT2D eigenvalue weighted by Crippen LogP contribution is -2.35. The van der Waals surface area contributed by atoms with E-state index in [1.807, 2.05) is 13.8 Å². The monoisotopic (exact) mass is 311 g/mol. The number of nitrogens with zero attached hydrogens (tertiary/aromatic N) is 2. The van der Waals surface area contributed by atoms with Gasteiger partial charge in [-0.3, -0.25) is 0 Å². The Morgan fingerprint density at radius 3 is 2.76 bits per heavy atom. The van der Waals surface area contributed by atoms with Crippen molar-refractivity contribution in [2.75, 3.05) is 38.1 Å². The first-order valence-electron chi connectivity index (χ1n) is 7.75. The summed E-state index contributed by atoms with van der Waals surface area (Å²) in [6.45, 7) is 10.7. The van der Waals surface area contributed by atoms with Crippen LogP contribution in [0.4, 0.5) is 5.00 Å². The maximum absolute atomic E-state index is 12.0. The molecule has 0 unspecified atom stereocenters. The molecule has 1 saturated heterocycles. The number of esters is 1. The first kappa shape index (κ1) is 16.2. The van der Waals surface area contributed by atoms with Crippen LogP contribution in [0.5, 0.6) is 0 Å². The van der Waals surface area contributed by atoms with E-state index in [1.54, 1.807) is 0 Å². The van der Waals surface area contributed by atoms with E-state index in [0.717, 1.165) is 23.8 Å². The molecule has 21 heavy (non-hydrogen) atoms. The quantitative estimate of drug-likeness (QED) is 0.819. The summed E-state index contributed by atoms with van der Waals surface area (Å²) in [6, 6.07) is 0. The number of hydrogen-bond acceptors (Lipinski definition) is 6. The van der Waals surface area contributed by atoms with Crippen LogP contribution >= 0.6 is 11.5 Å². The predicted octanol–water partition coefficient (Wildman–Crippen LogP) is 2.77. The number of likely N-dealkylation sites (tertiary alicyclic amines) is 1. The Balaban J connectivity index is 1.90. The highest BCUT2D eigenvalue weighted by Gasteiger charge is 2.22. The third kappa shape index (κ3) is 4.17. The Morgan fingerprint density at radius 1 is 1.43 bits per heavy atom.